The second kappa shape index (κ2) is 7.72. The van der Waals surface area contributed by atoms with Crippen LogP contribution in [0.4, 0.5) is 17.3 Å². The number of rotatable bonds is 4. The summed E-state index contributed by atoms with van der Waals surface area (Å²) in [4.78, 5) is 20.8. The third kappa shape index (κ3) is 4.50. The van der Waals surface area contributed by atoms with E-state index in [0.717, 1.165) is 16.8 Å². The summed E-state index contributed by atoms with van der Waals surface area (Å²) in [5.41, 5.74) is 3.71. The highest BCUT2D eigenvalue weighted by Gasteiger charge is 2.11. The second-order valence-corrected chi connectivity index (χ2v) is 6.69. The molecule has 0 saturated carbocycles. The molecule has 0 aliphatic carbocycles. The maximum Gasteiger partial charge on any atom is 0.274 e. The molecular formula is C19H16Cl2N4O. The van der Waals surface area contributed by atoms with Crippen LogP contribution in [0.3, 0.4) is 0 Å². The standard InChI is InChI=1S/C19H16Cl2N4O/c1-11-7-12(2)9-14(8-11)23-18(26)17-5-6-22-19(25-17)24-16-4-3-13(20)10-15(16)21/h3-10H,1-2H3,(H,23,26)(H,22,24,25). The number of hydrogen-bond donors (Lipinski definition) is 2. The first-order valence-corrected chi connectivity index (χ1v) is 8.61. The third-order valence-electron chi connectivity index (χ3n) is 3.55. The number of carbonyl (C=O) groups is 1. The molecule has 2 N–H and O–H groups in total. The molecule has 3 aromatic rings. The number of halogens is 2. The van der Waals surface area contributed by atoms with Crippen molar-refractivity contribution >= 4 is 46.4 Å². The first-order chi connectivity index (χ1) is 12.4. The lowest BCUT2D eigenvalue weighted by Crippen LogP contribution is -2.15. The van der Waals surface area contributed by atoms with Crippen LogP contribution in [-0.4, -0.2) is 15.9 Å². The molecule has 0 aliphatic rings. The predicted octanol–water partition coefficient (Wildman–Crippen LogP) is 5.40. The molecule has 1 heterocycles. The number of aryl methyl sites for hydroxylation is 2. The summed E-state index contributed by atoms with van der Waals surface area (Å²) in [6.07, 6.45) is 1.51. The van der Waals surface area contributed by atoms with Gasteiger partial charge in [0.05, 0.1) is 10.7 Å². The molecule has 3 rings (SSSR count). The first-order valence-electron chi connectivity index (χ1n) is 7.85. The Morgan fingerprint density at radius 2 is 1.73 bits per heavy atom. The Morgan fingerprint density at radius 3 is 2.42 bits per heavy atom. The lowest BCUT2D eigenvalue weighted by atomic mass is 10.1. The van der Waals surface area contributed by atoms with Crippen molar-refractivity contribution in [3.8, 4) is 0 Å². The fourth-order valence-corrected chi connectivity index (χ4v) is 2.95. The number of nitrogens with zero attached hydrogens (tertiary/aromatic N) is 2. The normalized spacial score (nSPS) is 10.5. The zero-order valence-electron chi connectivity index (χ0n) is 14.2. The fraction of sp³-hybridized carbons (Fsp3) is 0.105. The minimum atomic E-state index is -0.317. The Bertz CT molecular complexity index is 955. The smallest absolute Gasteiger partial charge is 0.274 e. The Kier molecular flexibility index (Phi) is 5.40. The van der Waals surface area contributed by atoms with Crippen molar-refractivity contribution in [1.82, 2.24) is 9.97 Å². The van der Waals surface area contributed by atoms with Gasteiger partial charge in [-0.15, -0.1) is 0 Å². The van der Waals surface area contributed by atoms with Gasteiger partial charge in [0.25, 0.3) is 5.91 Å². The minimum absolute atomic E-state index is 0.242. The monoisotopic (exact) mass is 386 g/mol. The van der Waals surface area contributed by atoms with E-state index in [1.165, 1.54) is 6.20 Å². The van der Waals surface area contributed by atoms with Gasteiger partial charge in [0.15, 0.2) is 0 Å². The van der Waals surface area contributed by atoms with Crippen LogP contribution < -0.4 is 10.6 Å². The fourth-order valence-electron chi connectivity index (χ4n) is 2.50. The topological polar surface area (TPSA) is 66.9 Å². The van der Waals surface area contributed by atoms with Crippen LogP contribution in [0.15, 0.2) is 48.7 Å². The van der Waals surface area contributed by atoms with Gasteiger partial charge in [-0.25, -0.2) is 9.97 Å². The number of carbonyl (C=O) groups excluding carboxylic acids is 1. The summed E-state index contributed by atoms with van der Waals surface area (Å²) in [6, 6.07) is 12.4. The van der Waals surface area contributed by atoms with E-state index in [1.54, 1.807) is 24.3 Å². The highest BCUT2D eigenvalue weighted by atomic mass is 35.5. The molecule has 132 valence electrons. The molecule has 0 unspecified atom stereocenters. The van der Waals surface area contributed by atoms with E-state index < -0.39 is 0 Å². The van der Waals surface area contributed by atoms with Crippen molar-refractivity contribution in [2.24, 2.45) is 0 Å². The van der Waals surface area contributed by atoms with Crippen LogP contribution in [-0.2, 0) is 0 Å². The maximum absolute atomic E-state index is 12.5. The molecule has 0 fully saturated rings. The van der Waals surface area contributed by atoms with Crippen molar-refractivity contribution in [1.29, 1.82) is 0 Å². The van der Waals surface area contributed by atoms with E-state index in [-0.39, 0.29) is 17.5 Å². The second-order valence-electron chi connectivity index (χ2n) is 5.85. The van der Waals surface area contributed by atoms with E-state index >= 15 is 0 Å². The molecule has 0 atom stereocenters. The van der Waals surface area contributed by atoms with Gasteiger partial charge in [-0.3, -0.25) is 4.79 Å². The van der Waals surface area contributed by atoms with Crippen molar-refractivity contribution < 1.29 is 4.79 Å². The molecule has 2 aromatic carbocycles. The minimum Gasteiger partial charge on any atom is -0.323 e. The van der Waals surface area contributed by atoms with Crippen LogP contribution in [0.1, 0.15) is 21.6 Å². The van der Waals surface area contributed by atoms with E-state index in [1.807, 2.05) is 32.0 Å². The SMILES string of the molecule is Cc1cc(C)cc(NC(=O)c2ccnc(Nc3ccc(Cl)cc3Cl)n2)c1. The number of nitrogens with one attached hydrogen (secondary N) is 2. The summed E-state index contributed by atoms with van der Waals surface area (Å²) in [5, 5.41) is 6.80. The average Bonchev–Trinajstić information content (AvgIpc) is 2.57. The van der Waals surface area contributed by atoms with Gasteiger partial charge in [0.2, 0.25) is 5.95 Å². The lowest BCUT2D eigenvalue weighted by molar-refractivity contribution is 0.102. The quantitative estimate of drug-likeness (QED) is 0.629. The molecule has 0 saturated heterocycles. The van der Waals surface area contributed by atoms with Crippen molar-refractivity contribution in [2.75, 3.05) is 10.6 Å². The molecular weight excluding hydrogens is 371 g/mol. The molecule has 0 radical (unpaired) electrons. The molecule has 1 amide bonds. The number of aromatic nitrogens is 2. The first kappa shape index (κ1) is 18.2. The molecule has 0 spiro atoms. The summed E-state index contributed by atoms with van der Waals surface area (Å²) in [5.74, 6) is -0.0510. The summed E-state index contributed by atoms with van der Waals surface area (Å²) < 4.78 is 0. The van der Waals surface area contributed by atoms with Gasteiger partial charge >= 0.3 is 0 Å². The van der Waals surface area contributed by atoms with Gasteiger partial charge < -0.3 is 10.6 Å². The van der Waals surface area contributed by atoms with Gasteiger partial charge in [-0.2, -0.15) is 0 Å². The average molecular weight is 387 g/mol. The molecule has 5 nitrogen and oxygen atoms in total. The van der Waals surface area contributed by atoms with Gasteiger partial charge in [0.1, 0.15) is 5.69 Å². The highest BCUT2D eigenvalue weighted by molar-refractivity contribution is 6.36. The lowest BCUT2D eigenvalue weighted by Gasteiger charge is -2.09. The zero-order valence-corrected chi connectivity index (χ0v) is 15.7. The van der Waals surface area contributed by atoms with Crippen LogP contribution in [0.2, 0.25) is 10.0 Å². The number of hydrogen-bond acceptors (Lipinski definition) is 4. The molecule has 26 heavy (non-hydrogen) atoms. The zero-order chi connectivity index (χ0) is 18.7. The summed E-state index contributed by atoms with van der Waals surface area (Å²) >= 11 is 12.0. The highest BCUT2D eigenvalue weighted by Crippen LogP contribution is 2.27. The van der Waals surface area contributed by atoms with Crippen LogP contribution in [0.25, 0.3) is 0 Å². The van der Waals surface area contributed by atoms with Crippen LogP contribution in [0, 0.1) is 13.8 Å². The van der Waals surface area contributed by atoms with Gasteiger partial charge in [0, 0.05) is 16.9 Å². The predicted molar refractivity (Wildman–Crippen MR) is 106 cm³/mol. The number of benzene rings is 2. The van der Waals surface area contributed by atoms with Gasteiger partial charge in [-0.05, 0) is 61.4 Å². The number of anilines is 3. The molecule has 0 bridgehead atoms. The molecule has 1 aromatic heterocycles. The van der Waals surface area contributed by atoms with Crippen molar-refractivity contribution in [3.05, 3.63) is 75.5 Å². The number of amides is 1. The largest absolute Gasteiger partial charge is 0.323 e. The molecule has 7 heteroatoms. The molecule has 0 aliphatic heterocycles. The van der Waals surface area contributed by atoms with Crippen LogP contribution >= 0.6 is 23.2 Å². The van der Waals surface area contributed by atoms with Crippen molar-refractivity contribution in [2.45, 2.75) is 13.8 Å². The van der Waals surface area contributed by atoms with Crippen LogP contribution in [0.5, 0.6) is 0 Å². The van der Waals surface area contributed by atoms with E-state index in [0.29, 0.717) is 15.7 Å². The van der Waals surface area contributed by atoms with Crippen molar-refractivity contribution in [3.63, 3.8) is 0 Å². The summed E-state index contributed by atoms with van der Waals surface area (Å²) in [7, 11) is 0. The van der Waals surface area contributed by atoms with E-state index in [2.05, 4.69) is 20.6 Å². The Labute approximate surface area is 161 Å². The Balaban J connectivity index is 1.78. The van der Waals surface area contributed by atoms with E-state index in [9.17, 15) is 4.79 Å². The summed E-state index contributed by atoms with van der Waals surface area (Å²) in [6.45, 7) is 3.95. The Morgan fingerprint density at radius 1 is 1.00 bits per heavy atom. The van der Waals surface area contributed by atoms with E-state index in [4.69, 9.17) is 23.2 Å². The van der Waals surface area contributed by atoms with Gasteiger partial charge in [-0.1, -0.05) is 29.3 Å². The third-order valence-corrected chi connectivity index (χ3v) is 4.09. The Hall–Kier alpha value is -2.63. The maximum atomic E-state index is 12.5.